The summed E-state index contributed by atoms with van der Waals surface area (Å²) in [6.45, 7) is 1.71. The van der Waals surface area contributed by atoms with E-state index in [2.05, 4.69) is 4.98 Å². The molecule has 1 saturated carbocycles. The summed E-state index contributed by atoms with van der Waals surface area (Å²) in [6.07, 6.45) is 10.7. The second kappa shape index (κ2) is 8.11. The average Bonchev–Trinajstić information content (AvgIpc) is 2.88. The number of nitrogens with two attached hydrogens (primary N) is 1. The van der Waals surface area contributed by atoms with E-state index in [9.17, 15) is 9.59 Å². The molecule has 1 atom stereocenters. The number of carbonyl (C=O) groups excluding carboxylic acids is 2. The van der Waals surface area contributed by atoms with Crippen molar-refractivity contribution in [1.29, 1.82) is 0 Å². The Labute approximate surface area is 131 Å². The molecule has 0 unspecified atom stereocenters. The molecule has 1 fully saturated rings. The van der Waals surface area contributed by atoms with Gasteiger partial charge in [0.05, 0.1) is 0 Å². The van der Waals surface area contributed by atoms with E-state index < -0.39 is 0 Å². The Hall–Kier alpha value is -1.65. The maximum absolute atomic E-state index is 11.3. The Kier molecular flexibility index (Phi) is 6.16. The molecule has 2 rings (SSSR count). The minimum absolute atomic E-state index is 0.117. The highest BCUT2D eigenvalue weighted by Crippen LogP contribution is 2.31. The fraction of sp³-hybridized carbons (Fsp3) is 0.706. The summed E-state index contributed by atoms with van der Waals surface area (Å²) in [5, 5.41) is 0. The lowest BCUT2D eigenvalue weighted by Gasteiger charge is -2.22. The third kappa shape index (κ3) is 4.68. The van der Waals surface area contributed by atoms with Gasteiger partial charge in [-0.1, -0.05) is 44.9 Å². The lowest BCUT2D eigenvalue weighted by Crippen LogP contribution is -2.16. The van der Waals surface area contributed by atoms with Crippen LogP contribution in [-0.4, -0.2) is 17.2 Å². The number of nitrogens with zero attached hydrogens (tertiary/aromatic N) is 1. The second-order valence-electron chi connectivity index (χ2n) is 6.41. The first-order valence-corrected chi connectivity index (χ1v) is 8.31. The van der Waals surface area contributed by atoms with Crippen LogP contribution in [0.5, 0.6) is 0 Å². The molecule has 1 aromatic rings. The minimum atomic E-state index is -0.355. The van der Waals surface area contributed by atoms with Gasteiger partial charge in [0.15, 0.2) is 12.2 Å². The monoisotopic (exact) mass is 306 g/mol. The third-order valence-corrected chi connectivity index (χ3v) is 4.65. The normalized spacial score (nSPS) is 17.3. The zero-order chi connectivity index (χ0) is 15.9. The van der Waals surface area contributed by atoms with Gasteiger partial charge in [-0.3, -0.25) is 9.59 Å². The zero-order valence-corrected chi connectivity index (χ0v) is 13.3. The summed E-state index contributed by atoms with van der Waals surface area (Å²) < 4.78 is 5.56. The third-order valence-electron chi connectivity index (χ3n) is 4.65. The van der Waals surface area contributed by atoms with Crippen LogP contribution in [0.2, 0.25) is 0 Å². The van der Waals surface area contributed by atoms with Crippen LogP contribution in [0.3, 0.4) is 0 Å². The lowest BCUT2D eigenvalue weighted by molar-refractivity contribution is -0.118. The van der Waals surface area contributed by atoms with Gasteiger partial charge in [-0.05, 0) is 19.3 Å². The van der Waals surface area contributed by atoms with Gasteiger partial charge in [0.2, 0.25) is 5.91 Å². The summed E-state index contributed by atoms with van der Waals surface area (Å²) >= 11 is 0. The fourth-order valence-electron chi connectivity index (χ4n) is 3.40. The van der Waals surface area contributed by atoms with Crippen molar-refractivity contribution in [1.82, 2.24) is 4.98 Å². The van der Waals surface area contributed by atoms with Crippen molar-refractivity contribution in [2.45, 2.75) is 70.6 Å². The second-order valence-corrected chi connectivity index (χ2v) is 6.41. The summed E-state index contributed by atoms with van der Waals surface area (Å²) in [6, 6.07) is 0. The number of aldehydes is 1. The van der Waals surface area contributed by atoms with Gasteiger partial charge in [0.1, 0.15) is 11.5 Å². The molecule has 22 heavy (non-hydrogen) atoms. The van der Waals surface area contributed by atoms with Gasteiger partial charge in [0.25, 0.3) is 0 Å². The number of primary amides is 1. The van der Waals surface area contributed by atoms with Crippen LogP contribution in [0.15, 0.2) is 4.42 Å². The summed E-state index contributed by atoms with van der Waals surface area (Å²) in [5.41, 5.74) is 5.66. The highest BCUT2D eigenvalue weighted by Gasteiger charge is 2.22. The topological polar surface area (TPSA) is 86.2 Å². The van der Waals surface area contributed by atoms with Gasteiger partial charge < -0.3 is 10.2 Å². The highest BCUT2D eigenvalue weighted by molar-refractivity contribution is 5.75. The number of oxazole rings is 1. The predicted molar refractivity (Wildman–Crippen MR) is 83.6 cm³/mol. The van der Waals surface area contributed by atoms with E-state index in [-0.39, 0.29) is 18.2 Å². The average molecular weight is 306 g/mol. The zero-order valence-electron chi connectivity index (χ0n) is 13.3. The number of amides is 1. The van der Waals surface area contributed by atoms with Crippen LogP contribution < -0.4 is 5.73 Å². The molecule has 1 aromatic heterocycles. The first-order valence-electron chi connectivity index (χ1n) is 8.31. The van der Waals surface area contributed by atoms with Crippen LogP contribution in [0.1, 0.15) is 85.8 Å². The van der Waals surface area contributed by atoms with Crippen molar-refractivity contribution in [2.24, 2.45) is 11.7 Å². The van der Waals surface area contributed by atoms with Gasteiger partial charge in [-0.25, -0.2) is 4.98 Å². The maximum Gasteiger partial charge on any atom is 0.218 e. The minimum Gasteiger partial charge on any atom is -0.445 e. The van der Waals surface area contributed by atoms with E-state index in [1.165, 1.54) is 38.5 Å². The van der Waals surface area contributed by atoms with Crippen molar-refractivity contribution in [3.05, 3.63) is 17.3 Å². The summed E-state index contributed by atoms with van der Waals surface area (Å²) in [7, 11) is 0. The Bertz CT molecular complexity index is 504. The summed E-state index contributed by atoms with van der Waals surface area (Å²) in [4.78, 5) is 26.4. The van der Waals surface area contributed by atoms with Crippen LogP contribution >= 0.6 is 0 Å². The molecule has 1 amide bonds. The van der Waals surface area contributed by atoms with E-state index in [0.717, 1.165) is 18.8 Å². The smallest absolute Gasteiger partial charge is 0.218 e. The number of aromatic nitrogens is 1. The Morgan fingerprint density at radius 3 is 2.73 bits per heavy atom. The van der Waals surface area contributed by atoms with Gasteiger partial charge in [-0.2, -0.15) is 0 Å². The number of rotatable bonds is 8. The first-order chi connectivity index (χ1) is 10.6. The Balaban J connectivity index is 1.93. The number of carbonyl (C=O) groups is 2. The maximum atomic E-state index is 11.3. The van der Waals surface area contributed by atoms with Crippen LogP contribution in [0.25, 0.3) is 0 Å². The molecule has 0 radical (unpaired) electrons. The van der Waals surface area contributed by atoms with Gasteiger partial charge in [-0.15, -0.1) is 0 Å². The number of hydrogen-bond donors (Lipinski definition) is 1. The van der Waals surface area contributed by atoms with E-state index in [1.807, 2.05) is 0 Å². The molecule has 1 aliphatic carbocycles. The van der Waals surface area contributed by atoms with Gasteiger partial charge in [0, 0.05) is 12.3 Å². The lowest BCUT2D eigenvalue weighted by atomic mass is 9.84. The van der Waals surface area contributed by atoms with Crippen molar-refractivity contribution in [3.8, 4) is 0 Å². The van der Waals surface area contributed by atoms with E-state index in [4.69, 9.17) is 10.2 Å². The summed E-state index contributed by atoms with van der Waals surface area (Å²) in [5.74, 6) is 1.33. The van der Waals surface area contributed by atoms with E-state index in [1.54, 1.807) is 6.92 Å². The quantitative estimate of drug-likeness (QED) is 0.745. The molecule has 2 N–H and O–H groups in total. The highest BCUT2D eigenvalue weighted by atomic mass is 16.4. The van der Waals surface area contributed by atoms with Crippen LogP contribution in [-0.2, 0) is 4.79 Å². The Morgan fingerprint density at radius 2 is 2.14 bits per heavy atom. The molecule has 0 saturated heterocycles. The van der Waals surface area contributed by atoms with E-state index in [0.29, 0.717) is 23.6 Å². The molecular weight excluding hydrogens is 280 g/mol. The number of aryl methyl sites for hydroxylation is 1. The Morgan fingerprint density at radius 1 is 1.41 bits per heavy atom. The molecule has 0 bridgehead atoms. The van der Waals surface area contributed by atoms with Crippen LogP contribution in [0.4, 0.5) is 0 Å². The standard InChI is InChI=1S/C17H26N2O3/c1-12-15(11-20)19-17(22-12)14(10-16(18)21)9-5-8-13-6-3-2-4-7-13/h11,13-14H,2-10H2,1H3,(H2,18,21)/t14-/m1/s1. The molecule has 1 aliphatic rings. The van der Waals surface area contributed by atoms with Gasteiger partial charge >= 0.3 is 0 Å². The largest absolute Gasteiger partial charge is 0.445 e. The molecular formula is C17H26N2O3. The molecule has 5 nitrogen and oxygen atoms in total. The van der Waals surface area contributed by atoms with Crippen molar-refractivity contribution >= 4 is 12.2 Å². The van der Waals surface area contributed by atoms with Crippen molar-refractivity contribution in [3.63, 3.8) is 0 Å². The molecule has 5 heteroatoms. The SMILES string of the molecule is Cc1oc([C@H](CCCC2CCCCC2)CC(N)=O)nc1C=O. The van der Waals surface area contributed by atoms with Crippen molar-refractivity contribution in [2.75, 3.05) is 0 Å². The molecule has 122 valence electrons. The molecule has 0 spiro atoms. The molecule has 0 aliphatic heterocycles. The molecule has 0 aromatic carbocycles. The van der Waals surface area contributed by atoms with Crippen LogP contribution in [0, 0.1) is 12.8 Å². The fourth-order valence-corrected chi connectivity index (χ4v) is 3.40. The van der Waals surface area contributed by atoms with Crippen molar-refractivity contribution < 1.29 is 14.0 Å². The predicted octanol–water partition coefficient (Wildman–Crippen LogP) is 3.51. The first kappa shape index (κ1) is 16.7. The van der Waals surface area contributed by atoms with E-state index >= 15 is 0 Å². The number of hydrogen-bond acceptors (Lipinski definition) is 4. The molecule has 1 heterocycles.